The maximum atomic E-state index is 4.60. The normalized spacial score (nSPS) is 14.2. The van der Waals surface area contributed by atoms with Crippen LogP contribution in [-0.2, 0) is 0 Å². The van der Waals surface area contributed by atoms with Gasteiger partial charge in [0.2, 0.25) is 0 Å². The molecule has 1 unspecified atom stereocenters. The van der Waals surface area contributed by atoms with Crippen molar-refractivity contribution in [2.45, 2.75) is 12.5 Å². The lowest BCUT2D eigenvalue weighted by atomic mass is 9.94. The van der Waals surface area contributed by atoms with Gasteiger partial charge >= 0.3 is 0 Å². The van der Waals surface area contributed by atoms with Crippen LogP contribution in [0, 0.1) is 0 Å². The van der Waals surface area contributed by atoms with Crippen molar-refractivity contribution in [3.63, 3.8) is 0 Å². The van der Waals surface area contributed by atoms with Crippen molar-refractivity contribution in [2.24, 2.45) is 0 Å². The summed E-state index contributed by atoms with van der Waals surface area (Å²) in [4.78, 5) is 17.7. The molecule has 0 saturated carbocycles. The second kappa shape index (κ2) is 13.1. The summed E-state index contributed by atoms with van der Waals surface area (Å²) in [7, 11) is 0. The van der Waals surface area contributed by atoms with Gasteiger partial charge in [-0.25, -0.2) is 0 Å². The lowest BCUT2D eigenvalue weighted by molar-refractivity contribution is 0.647. The molecule has 264 valence electrons. The molecule has 56 heavy (non-hydrogen) atoms. The van der Waals surface area contributed by atoms with Gasteiger partial charge in [0.25, 0.3) is 0 Å². The molecule has 0 spiro atoms. The summed E-state index contributed by atoms with van der Waals surface area (Å²) in [5.41, 5.74) is 15.2. The number of benzene rings is 4. The van der Waals surface area contributed by atoms with Crippen molar-refractivity contribution < 1.29 is 0 Å². The Morgan fingerprint density at radius 1 is 0.429 bits per heavy atom. The molecule has 10 aromatic rings. The Labute approximate surface area is 323 Å². The van der Waals surface area contributed by atoms with E-state index in [1.165, 1.54) is 55.2 Å². The maximum Gasteiger partial charge on any atom is 0.0580 e. The van der Waals surface area contributed by atoms with Gasteiger partial charge in [-0.2, -0.15) is 0 Å². The number of allylic oxidation sites excluding steroid dienone is 4. The third-order valence-corrected chi connectivity index (χ3v) is 11.2. The van der Waals surface area contributed by atoms with E-state index in [2.05, 4.69) is 169 Å². The van der Waals surface area contributed by atoms with E-state index >= 15 is 0 Å². The second-order valence-electron chi connectivity index (χ2n) is 14.3. The van der Waals surface area contributed by atoms with E-state index in [0.717, 1.165) is 45.1 Å². The minimum absolute atomic E-state index is 0.0909. The molecule has 6 heterocycles. The fourth-order valence-corrected chi connectivity index (χ4v) is 8.75. The highest BCUT2D eigenvalue weighted by atomic mass is 15.0. The number of pyridine rings is 4. The van der Waals surface area contributed by atoms with Gasteiger partial charge in [-0.1, -0.05) is 66.7 Å². The van der Waals surface area contributed by atoms with Gasteiger partial charge in [-0.15, -0.1) is 0 Å². The summed E-state index contributed by atoms with van der Waals surface area (Å²) in [6.45, 7) is 0. The van der Waals surface area contributed by atoms with E-state index in [0.29, 0.717) is 0 Å². The van der Waals surface area contributed by atoms with Crippen molar-refractivity contribution in [3.05, 3.63) is 189 Å². The van der Waals surface area contributed by atoms with Crippen LogP contribution in [0.2, 0.25) is 0 Å². The van der Waals surface area contributed by atoms with Crippen molar-refractivity contribution >= 4 is 49.3 Å². The molecule has 11 rings (SSSR count). The number of fused-ring (bicyclic) bond motifs is 6. The van der Waals surface area contributed by atoms with E-state index in [1.54, 1.807) is 0 Å². The number of hydrogen-bond acceptors (Lipinski definition) is 4. The van der Waals surface area contributed by atoms with Crippen LogP contribution in [0.1, 0.15) is 12.5 Å². The lowest BCUT2D eigenvalue weighted by Gasteiger charge is -2.22. The summed E-state index contributed by atoms with van der Waals surface area (Å²) in [6.07, 6.45) is 23.1. The van der Waals surface area contributed by atoms with Crippen LogP contribution in [0.3, 0.4) is 0 Å². The van der Waals surface area contributed by atoms with Gasteiger partial charge in [0.1, 0.15) is 0 Å². The van der Waals surface area contributed by atoms with E-state index in [1.807, 2.05) is 49.6 Å². The van der Waals surface area contributed by atoms with Gasteiger partial charge in [-0.3, -0.25) is 19.9 Å². The van der Waals surface area contributed by atoms with E-state index in [4.69, 9.17) is 0 Å². The van der Waals surface area contributed by atoms with Crippen LogP contribution >= 0.6 is 0 Å². The molecule has 6 aromatic heterocycles. The van der Waals surface area contributed by atoms with Gasteiger partial charge in [-0.05, 0) is 124 Å². The predicted octanol–water partition coefficient (Wildman–Crippen LogP) is 12.2. The summed E-state index contributed by atoms with van der Waals surface area (Å²) < 4.78 is 4.90. The number of nitrogens with zero attached hydrogens (tertiary/aromatic N) is 6. The number of aromatic nitrogens is 6. The summed E-state index contributed by atoms with van der Waals surface area (Å²) in [5, 5.41) is 4.65. The standard InChI is InChI=1S/C50H34N6/c1-3-10-41(39(8-1)33-16-22-51-23-17-33)35-12-14-47-43(28-35)45-31-53-26-20-49(45)55(47)37-6-5-7-38(30-37)56-48-15-13-36(29-44(48)46-32-54-27-21-50(46)56)42-11-4-2-9-40(42)34-18-24-52-25-19-34/h1-6,8-32,38H,7H2. The Bertz CT molecular complexity index is 3170. The third kappa shape index (κ3) is 5.18. The summed E-state index contributed by atoms with van der Waals surface area (Å²) in [5.74, 6) is 0. The minimum atomic E-state index is 0.0909. The fraction of sp³-hybridized carbons (Fsp3) is 0.0400. The van der Waals surface area contributed by atoms with Gasteiger partial charge in [0.05, 0.1) is 22.6 Å². The SMILES string of the molecule is C1=CC(n2c3ccncc3c3cc(-c4ccccc4-c4ccncc4)ccc32)=CC(n2c3ccncc3c3cc(-c4ccccc4-c4ccncc4)ccc32)C1. The zero-order chi connectivity index (χ0) is 37.0. The molecule has 0 saturated heterocycles. The summed E-state index contributed by atoms with van der Waals surface area (Å²) in [6, 6.07) is 43.6. The van der Waals surface area contributed by atoms with E-state index < -0.39 is 0 Å². The summed E-state index contributed by atoms with van der Waals surface area (Å²) >= 11 is 0. The van der Waals surface area contributed by atoms with Gasteiger partial charge in [0.15, 0.2) is 0 Å². The first kappa shape index (κ1) is 32.0. The van der Waals surface area contributed by atoms with Gasteiger partial charge < -0.3 is 9.13 Å². The van der Waals surface area contributed by atoms with E-state index in [-0.39, 0.29) is 6.04 Å². The molecule has 6 nitrogen and oxygen atoms in total. The Kier molecular flexibility index (Phi) is 7.52. The molecule has 0 amide bonds. The second-order valence-corrected chi connectivity index (χ2v) is 14.3. The highest BCUT2D eigenvalue weighted by molar-refractivity contribution is 6.12. The van der Waals surface area contributed by atoms with E-state index in [9.17, 15) is 0 Å². The molecular formula is C50H34N6. The molecule has 1 atom stereocenters. The first-order chi connectivity index (χ1) is 27.8. The zero-order valence-electron chi connectivity index (χ0n) is 30.4. The quantitative estimate of drug-likeness (QED) is 0.172. The molecule has 0 fully saturated rings. The van der Waals surface area contributed by atoms with Crippen LogP contribution in [0.15, 0.2) is 189 Å². The topological polar surface area (TPSA) is 61.4 Å². The van der Waals surface area contributed by atoms with Crippen molar-refractivity contribution in [3.8, 4) is 44.5 Å². The molecule has 0 bridgehead atoms. The molecule has 1 aliphatic rings. The smallest absolute Gasteiger partial charge is 0.0580 e. The monoisotopic (exact) mass is 718 g/mol. The average molecular weight is 719 g/mol. The van der Waals surface area contributed by atoms with Gasteiger partial charge in [0, 0.05) is 82.3 Å². The highest BCUT2D eigenvalue weighted by Gasteiger charge is 2.22. The highest BCUT2D eigenvalue weighted by Crippen LogP contribution is 2.42. The molecule has 0 N–H and O–H groups in total. The third-order valence-electron chi connectivity index (χ3n) is 11.2. The largest absolute Gasteiger partial charge is 0.333 e. The van der Waals surface area contributed by atoms with Crippen molar-refractivity contribution in [1.82, 2.24) is 29.1 Å². The molecule has 0 aliphatic heterocycles. The first-order valence-electron chi connectivity index (χ1n) is 18.9. The number of hydrogen-bond donors (Lipinski definition) is 0. The molecule has 4 aromatic carbocycles. The van der Waals surface area contributed by atoms with Crippen LogP contribution in [0.4, 0.5) is 0 Å². The number of rotatable bonds is 6. The Morgan fingerprint density at radius 2 is 0.893 bits per heavy atom. The average Bonchev–Trinajstić information content (AvgIpc) is 3.79. The van der Waals surface area contributed by atoms with Crippen molar-refractivity contribution in [2.75, 3.05) is 0 Å². The Balaban J connectivity index is 1.04. The van der Waals surface area contributed by atoms with Crippen molar-refractivity contribution in [1.29, 1.82) is 0 Å². The molecule has 0 radical (unpaired) electrons. The Hall–Kier alpha value is -7.44. The molecular weight excluding hydrogens is 685 g/mol. The predicted molar refractivity (Wildman–Crippen MR) is 229 cm³/mol. The van der Waals surface area contributed by atoms with Crippen LogP contribution in [0.25, 0.3) is 93.8 Å². The lowest BCUT2D eigenvalue weighted by Crippen LogP contribution is -2.10. The zero-order valence-corrected chi connectivity index (χ0v) is 30.4. The molecule has 1 aliphatic carbocycles. The Morgan fingerprint density at radius 3 is 1.50 bits per heavy atom. The van der Waals surface area contributed by atoms with Crippen LogP contribution < -0.4 is 0 Å². The molecule has 6 heteroatoms. The maximum absolute atomic E-state index is 4.60. The minimum Gasteiger partial charge on any atom is -0.333 e. The fourth-order valence-electron chi connectivity index (χ4n) is 8.75. The van der Waals surface area contributed by atoms with Crippen LogP contribution in [-0.4, -0.2) is 29.1 Å². The first-order valence-corrected chi connectivity index (χ1v) is 18.9. The van der Waals surface area contributed by atoms with Crippen LogP contribution in [0.5, 0.6) is 0 Å².